The third kappa shape index (κ3) is 3.51. The zero-order chi connectivity index (χ0) is 13.8. The fraction of sp³-hybridized carbons (Fsp3) is 0.400. The maximum absolute atomic E-state index is 5.82. The number of piperidine rings is 1. The summed E-state index contributed by atoms with van der Waals surface area (Å²) in [4.78, 5) is 5.19. The lowest BCUT2D eigenvalue weighted by Gasteiger charge is -2.23. The molecule has 0 amide bonds. The van der Waals surface area contributed by atoms with Crippen molar-refractivity contribution in [2.45, 2.75) is 25.3 Å². The first-order valence-electron chi connectivity index (χ1n) is 6.96. The maximum atomic E-state index is 5.82. The maximum Gasteiger partial charge on any atom is 0.183 e. The van der Waals surface area contributed by atoms with E-state index in [0.29, 0.717) is 10.4 Å². The van der Waals surface area contributed by atoms with E-state index in [1.54, 1.807) is 0 Å². The molecule has 2 aromatic rings. The smallest absolute Gasteiger partial charge is 0.183 e. The summed E-state index contributed by atoms with van der Waals surface area (Å²) in [6.45, 7) is 3.04. The molecule has 0 bridgehead atoms. The van der Waals surface area contributed by atoms with E-state index < -0.39 is 0 Å². The van der Waals surface area contributed by atoms with Crippen molar-refractivity contribution in [2.75, 3.05) is 18.4 Å². The van der Waals surface area contributed by atoms with Gasteiger partial charge in [-0.05, 0) is 43.0 Å². The number of rotatable bonds is 4. The van der Waals surface area contributed by atoms with Gasteiger partial charge in [-0.3, -0.25) is 0 Å². The van der Waals surface area contributed by atoms with E-state index in [-0.39, 0.29) is 0 Å². The Morgan fingerprint density at radius 3 is 2.85 bits per heavy atom. The fourth-order valence-electron chi connectivity index (χ4n) is 2.56. The van der Waals surface area contributed by atoms with Gasteiger partial charge in [0, 0.05) is 23.3 Å². The summed E-state index contributed by atoms with van der Waals surface area (Å²) < 4.78 is 0.599. The number of nitrogens with zero attached hydrogens (tertiary/aromatic N) is 1. The highest BCUT2D eigenvalue weighted by molar-refractivity contribution is 7.15. The van der Waals surface area contributed by atoms with Gasteiger partial charge in [-0.2, -0.15) is 0 Å². The van der Waals surface area contributed by atoms with Gasteiger partial charge in [0.2, 0.25) is 0 Å². The summed E-state index contributed by atoms with van der Waals surface area (Å²) in [6.07, 6.45) is 4.39. The molecule has 1 atom stereocenters. The minimum atomic E-state index is 0.599. The molecule has 1 aliphatic rings. The van der Waals surface area contributed by atoms with Crippen molar-refractivity contribution in [1.82, 2.24) is 10.3 Å². The number of benzene rings is 1. The minimum Gasteiger partial charge on any atom is -0.380 e. The Balaban J connectivity index is 1.58. The number of hydrogen-bond donors (Lipinski definition) is 2. The molecule has 106 valence electrons. The van der Waals surface area contributed by atoms with Gasteiger partial charge in [0.25, 0.3) is 0 Å². The van der Waals surface area contributed by atoms with Crippen molar-refractivity contribution >= 4 is 28.6 Å². The number of aromatic nitrogens is 1. The molecule has 2 heterocycles. The van der Waals surface area contributed by atoms with Gasteiger partial charge < -0.3 is 10.6 Å². The van der Waals surface area contributed by atoms with Crippen LogP contribution < -0.4 is 10.6 Å². The molecular weight excluding hydrogens is 290 g/mol. The van der Waals surface area contributed by atoms with Crippen LogP contribution in [-0.2, 0) is 6.54 Å². The lowest BCUT2D eigenvalue weighted by atomic mass is 9.92. The molecule has 1 aromatic heterocycles. The zero-order valence-corrected chi connectivity index (χ0v) is 12.8. The second kappa shape index (κ2) is 6.57. The molecule has 1 saturated heterocycles. The number of halogens is 1. The molecule has 2 N–H and O–H groups in total. The van der Waals surface area contributed by atoms with Gasteiger partial charge in [0.1, 0.15) is 0 Å². The Morgan fingerprint density at radius 1 is 1.35 bits per heavy atom. The monoisotopic (exact) mass is 307 g/mol. The molecule has 20 heavy (non-hydrogen) atoms. The summed E-state index contributed by atoms with van der Waals surface area (Å²) in [6, 6.07) is 8.79. The number of nitrogens with one attached hydrogen (secondary N) is 2. The van der Waals surface area contributed by atoms with Crippen LogP contribution in [0.25, 0.3) is 0 Å². The van der Waals surface area contributed by atoms with Crippen LogP contribution in [0.2, 0.25) is 4.47 Å². The van der Waals surface area contributed by atoms with Gasteiger partial charge in [-0.1, -0.05) is 23.7 Å². The van der Waals surface area contributed by atoms with Crippen LogP contribution in [0.1, 0.15) is 29.2 Å². The second-order valence-corrected chi connectivity index (χ2v) is 6.80. The molecule has 0 radical (unpaired) electrons. The predicted molar refractivity (Wildman–Crippen MR) is 85.7 cm³/mol. The molecule has 5 heteroatoms. The Labute approximate surface area is 128 Å². The molecule has 1 unspecified atom stereocenters. The van der Waals surface area contributed by atoms with Crippen molar-refractivity contribution < 1.29 is 0 Å². The standard InChI is InChI=1S/C15H18ClN3S/c16-15-19-10-14(20-15)9-18-13-5-3-11(4-6-13)12-2-1-7-17-8-12/h3-6,10,12,17-18H,1-2,7-9H2. The molecule has 1 aromatic carbocycles. The second-order valence-electron chi connectivity index (χ2n) is 5.10. The zero-order valence-electron chi connectivity index (χ0n) is 11.2. The van der Waals surface area contributed by atoms with E-state index in [4.69, 9.17) is 11.6 Å². The summed E-state index contributed by atoms with van der Waals surface area (Å²) in [7, 11) is 0. The highest BCUT2D eigenvalue weighted by Crippen LogP contribution is 2.25. The lowest BCUT2D eigenvalue weighted by molar-refractivity contribution is 0.461. The van der Waals surface area contributed by atoms with Crippen molar-refractivity contribution in [1.29, 1.82) is 0 Å². The van der Waals surface area contributed by atoms with Gasteiger partial charge in [-0.25, -0.2) is 4.98 Å². The Hall–Kier alpha value is -1.10. The quantitative estimate of drug-likeness (QED) is 0.900. The van der Waals surface area contributed by atoms with Crippen LogP contribution in [0, 0.1) is 0 Å². The first kappa shape index (κ1) is 13.9. The van der Waals surface area contributed by atoms with E-state index in [0.717, 1.165) is 30.2 Å². The molecule has 0 spiro atoms. The average Bonchev–Trinajstić information content (AvgIpc) is 2.92. The molecule has 1 aliphatic heterocycles. The summed E-state index contributed by atoms with van der Waals surface area (Å²) >= 11 is 7.34. The molecular formula is C15H18ClN3S. The summed E-state index contributed by atoms with van der Waals surface area (Å²) in [5.41, 5.74) is 2.57. The van der Waals surface area contributed by atoms with E-state index in [1.807, 2.05) is 6.20 Å². The Morgan fingerprint density at radius 2 is 2.20 bits per heavy atom. The predicted octanol–water partition coefficient (Wildman–Crippen LogP) is 3.88. The topological polar surface area (TPSA) is 37.0 Å². The minimum absolute atomic E-state index is 0.599. The fourth-order valence-corrected chi connectivity index (χ4v) is 3.48. The Kier molecular flexibility index (Phi) is 4.55. The van der Waals surface area contributed by atoms with Crippen molar-refractivity contribution in [2.24, 2.45) is 0 Å². The van der Waals surface area contributed by atoms with Crippen LogP contribution in [0.4, 0.5) is 5.69 Å². The largest absolute Gasteiger partial charge is 0.380 e. The molecule has 1 fully saturated rings. The third-order valence-electron chi connectivity index (χ3n) is 3.67. The van der Waals surface area contributed by atoms with Crippen LogP contribution >= 0.6 is 22.9 Å². The number of anilines is 1. The number of hydrogen-bond acceptors (Lipinski definition) is 4. The lowest BCUT2D eigenvalue weighted by Crippen LogP contribution is -2.28. The van der Waals surface area contributed by atoms with Gasteiger partial charge in [0.05, 0.1) is 6.54 Å². The van der Waals surface area contributed by atoms with E-state index in [1.165, 1.54) is 29.7 Å². The summed E-state index contributed by atoms with van der Waals surface area (Å²) in [5.74, 6) is 0.665. The molecule has 0 aliphatic carbocycles. The number of thiazole rings is 1. The van der Waals surface area contributed by atoms with Crippen LogP contribution in [-0.4, -0.2) is 18.1 Å². The summed E-state index contributed by atoms with van der Waals surface area (Å²) in [5, 5.41) is 6.86. The van der Waals surface area contributed by atoms with Crippen molar-refractivity contribution in [3.05, 3.63) is 45.4 Å². The molecule has 3 rings (SSSR count). The highest BCUT2D eigenvalue weighted by atomic mass is 35.5. The Bertz CT molecular complexity index is 547. The van der Waals surface area contributed by atoms with E-state index in [2.05, 4.69) is 39.9 Å². The van der Waals surface area contributed by atoms with Crippen LogP contribution in [0.15, 0.2) is 30.5 Å². The van der Waals surface area contributed by atoms with Crippen molar-refractivity contribution in [3.63, 3.8) is 0 Å². The van der Waals surface area contributed by atoms with Gasteiger partial charge in [-0.15, -0.1) is 11.3 Å². The van der Waals surface area contributed by atoms with E-state index >= 15 is 0 Å². The average molecular weight is 308 g/mol. The SMILES string of the molecule is Clc1ncc(CNc2ccc(C3CCCNC3)cc2)s1. The van der Waals surface area contributed by atoms with Crippen molar-refractivity contribution in [3.8, 4) is 0 Å². The highest BCUT2D eigenvalue weighted by Gasteiger charge is 2.14. The molecule has 0 saturated carbocycles. The van der Waals surface area contributed by atoms with Crippen LogP contribution in [0.3, 0.4) is 0 Å². The van der Waals surface area contributed by atoms with Gasteiger partial charge >= 0.3 is 0 Å². The first-order chi connectivity index (χ1) is 9.81. The normalized spacial score (nSPS) is 18.9. The van der Waals surface area contributed by atoms with Gasteiger partial charge in [0.15, 0.2) is 4.47 Å². The first-order valence-corrected chi connectivity index (χ1v) is 8.15. The molecule has 3 nitrogen and oxygen atoms in total. The van der Waals surface area contributed by atoms with E-state index in [9.17, 15) is 0 Å². The third-order valence-corrected chi connectivity index (χ3v) is 4.79. The van der Waals surface area contributed by atoms with Crippen LogP contribution in [0.5, 0.6) is 0 Å².